The van der Waals surface area contributed by atoms with Crippen molar-refractivity contribution in [3.8, 4) is 11.5 Å². The van der Waals surface area contributed by atoms with E-state index in [-0.39, 0.29) is 42.3 Å². The number of amides is 2. The zero-order valence-corrected chi connectivity index (χ0v) is 24.1. The Balaban J connectivity index is 1.50. The van der Waals surface area contributed by atoms with Crippen LogP contribution in [0.4, 0.5) is 18.9 Å². The summed E-state index contributed by atoms with van der Waals surface area (Å²) in [6, 6.07) is 12.7. The minimum atomic E-state index is -5.19. The van der Waals surface area contributed by atoms with E-state index in [0.717, 1.165) is 6.42 Å². The molecule has 0 aromatic heterocycles. The van der Waals surface area contributed by atoms with Crippen molar-refractivity contribution in [2.75, 3.05) is 44.8 Å². The van der Waals surface area contributed by atoms with Crippen molar-refractivity contribution in [1.82, 2.24) is 10.2 Å². The Labute approximate surface area is 243 Å². The molecule has 1 aliphatic heterocycles. The highest BCUT2D eigenvalue weighted by Crippen LogP contribution is 2.40. The molecule has 1 heterocycles. The van der Waals surface area contributed by atoms with Crippen LogP contribution in [0, 0.1) is 5.92 Å². The Morgan fingerprint density at radius 3 is 2.48 bits per heavy atom. The number of benzene rings is 2. The largest absolute Gasteiger partial charge is 0.491 e. The molecule has 0 bridgehead atoms. The number of fused-ring (bicyclic) bond motifs is 1. The average Bonchev–Trinajstić information content (AvgIpc) is 2.95. The smallest absolute Gasteiger partial charge is 0.481 e. The van der Waals surface area contributed by atoms with Crippen LogP contribution in [0.2, 0.25) is 0 Å². The van der Waals surface area contributed by atoms with E-state index >= 15 is 0 Å². The number of rotatable bonds is 15. The van der Waals surface area contributed by atoms with Gasteiger partial charge in [0, 0.05) is 19.1 Å². The van der Waals surface area contributed by atoms with Crippen molar-refractivity contribution < 1.29 is 41.8 Å². The number of ether oxygens (including phenoxy) is 3. The van der Waals surface area contributed by atoms with Gasteiger partial charge in [-0.3, -0.25) is 9.59 Å². The number of alkyl halides is 3. The second kappa shape index (κ2) is 15.5. The lowest BCUT2D eigenvalue weighted by molar-refractivity contribution is -0.189. The van der Waals surface area contributed by atoms with Crippen LogP contribution in [-0.4, -0.2) is 74.4 Å². The van der Waals surface area contributed by atoms with E-state index < -0.39 is 23.8 Å². The Hall–Kier alpha value is -3.64. The average molecular weight is 594 g/mol. The van der Waals surface area contributed by atoms with Gasteiger partial charge < -0.3 is 29.7 Å². The summed E-state index contributed by atoms with van der Waals surface area (Å²) in [6.07, 6.45) is -3.71. The van der Waals surface area contributed by atoms with E-state index in [2.05, 4.69) is 29.2 Å². The lowest BCUT2D eigenvalue weighted by atomic mass is 10.0. The second-order valence-electron chi connectivity index (χ2n) is 10.3. The van der Waals surface area contributed by atoms with E-state index in [1.807, 2.05) is 42.2 Å². The minimum Gasteiger partial charge on any atom is -0.481 e. The number of halogens is 3. The van der Waals surface area contributed by atoms with Crippen LogP contribution < -0.4 is 20.1 Å². The van der Waals surface area contributed by atoms with Crippen molar-refractivity contribution in [3.63, 3.8) is 0 Å². The molecule has 0 saturated carbocycles. The van der Waals surface area contributed by atoms with Gasteiger partial charge in [0.1, 0.15) is 5.69 Å². The molecular formula is C30H38F3N3O6. The monoisotopic (exact) mass is 593 g/mol. The zero-order chi connectivity index (χ0) is 30.7. The van der Waals surface area contributed by atoms with E-state index in [0.29, 0.717) is 44.8 Å². The van der Waals surface area contributed by atoms with Crippen molar-refractivity contribution in [3.05, 3.63) is 53.6 Å². The van der Waals surface area contributed by atoms with Crippen LogP contribution in [0.1, 0.15) is 38.3 Å². The molecule has 2 aromatic carbocycles. The van der Waals surface area contributed by atoms with Gasteiger partial charge in [0.2, 0.25) is 5.91 Å². The first-order valence-electron chi connectivity index (χ1n) is 14.0. The summed E-state index contributed by atoms with van der Waals surface area (Å²) in [7, 11) is 0. The summed E-state index contributed by atoms with van der Waals surface area (Å²) in [6.45, 7) is 8.18. The van der Waals surface area contributed by atoms with E-state index in [4.69, 9.17) is 9.47 Å². The number of esters is 1. The highest BCUT2D eigenvalue weighted by molar-refractivity contribution is 5.98. The van der Waals surface area contributed by atoms with Crippen molar-refractivity contribution in [1.29, 1.82) is 0 Å². The molecule has 12 heteroatoms. The summed E-state index contributed by atoms with van der Waals surface area (Å²) in [4.78, 5) is 38.0. The maximum absolute atomic E-state index is 13.0. The fraction of sp³-hybridized carbons (Fsp3) is 0.500. The number of carbonyl (C=O) groups is 3. The normalized spacial score (nSPS) is 13.6. The molecule has 230 valence electrons. The van der Waals surface area contributed by atoms with Crippen molar-refractivity contribution >= 4 is 23.5 Å². The predicted octanol–water partition coefficient (Wildman–Crippen LogP) is 4.14. The van der Waals surface area contributed by atoms with Crippen LogP contribution in [0.15, 0.2) is 42.5 Å². The fourth-order valence-electron chi connectivity index (χ4n) is 4.35. The second-order valence-corrected chi connectivity index (χ2v) is 10.3. The molecule has 0 unspecified atom stereocenters. The standard InChI is InChI=1S/C30H38F3N3O6/c1-20(2)21(3)36(26(38)13-18-40-17-12-22-7-5-4-6-8-22)16-15-34-14-11-23-9-10-24(42-29(39)30(31,32)33)27-28(23)41-19-25(37)35-27/h4-10,20-21,34H,11-19H2,1-3H3,(H,35,37)/t21-/m1/s1. The van der Waals surface area contributed by atoms with Gasteiger partial charge in [-0.05, 0) is 49.4 Å². The van der Waals surface area contributed by atoms with E-state index in [9.17, 15) is 27.6 Å². The quantitative estimate of drug-likeness (QED) is 0.182. The van der Waals surface area contributed by atoms with Gasteiger partial charge in [0.25, 0.3) is 5.91 Å². The Morgan fingerprint density at radius 2 is 1.79 bits per heavy atom. The van der Waals surface area contributed by atoms with Gasteiger partial charge in [-0.2, -0.15) is 13.2 Å². The summed E-state index contributed by atoms with van der Waals surface area (Å²) in [5.41, 5.74) is 1.68. The molecule has 2 aromatic rings. The number of carbonyl (C=O) groups excluding carboxylic acids is 3. The minimum absolute atomic E-state index is 0.0138. The molecule has 0 aliphatic carbocycles. The highest BCUT2D eigenvalue weighted by Gasteiger charge is 2.42. The van der Waals surface area contributed by atoms with Crippen molar-refractivity contribution in [2.24, 2.45) is 5.92 Å². The van der Waals surface area contributed by atoms with Gasteiger partial charge in [0.05, 0.1) is 19.6 Å². The molecule has 3 rings (SSSR count). The van der Waals surface area contributed by atoms with Crippen LogP contribution in [-0.2, 0) is 32.0 Å². The SMILES string of the molecule is CC(C)[C@@H](C)N(CCNCCc1ccc(OC(=O)C(F)(F)F)c2c1OCC(=O)N2)C(=O)CCOCCc1ccccc1. The third kappa shape index (κ3) is 9.73. The molecule has 0 fully saturated rings. The number of nitrogens with one attached hydrogen (secondary N) is 2. The first kappa shape index (κ1) is 32.9. The van der Waals surface area contributed by atoms with Crippen LogP contribution >= 0.6 is 0 Å². The first-order chi connectivity index (χ1) is 20.0. The molecule has 0 spiro atoms. The summed E-state index contributed by atoms with van der Waals surface area (Å²) in [5.74, 6) is -2.99. The molecule has 0 radical (unpaired) electrons. The number of anilines is 1. The number of hydrogen-bond acceptors (Lipinski definition) is 7. The molecule has 2 amide bonds. The topological polar surface area (TPSA) is 106 Å². The van der Waals surface area contributed by atoms with E-state index in [1.54, 1.807) is 0 Å². The fourth-order valence-corrected chi connectivity index (χ4v) is 4.35. The Morgan fingerprint density at radius 1 is 1.05 bits per heavy atom. The van der Waals surface area contributed by atoms with Crippen LogP contribution in [0.5, 0.6) is 11.5 Å². The van der Waals surface area contributed by atoms with Gasteiger partial charge in [0.15, 0.2) is 18.1 Å². The molecular weight excluding hydrogens is 555 g/mol. The molecule has 2 N–H and O–H groups in total. The lowest BCUT2D eigenvalue weighted by Gasteiger charge is -2.32. The Kier molecular flexibility index (Phi) is 12.2. The zero-order valence-electron chi connectivity index (χ0n) is 24.1. The number of hydrogen-bond donors (Lipinski definition) is 2. The lowest BCUT2D eigenvalue weighted by Crippen LogP contribution is -2.45. The van der Waals surface area contributed by atoms with Gasteiger partial charge >= 0.3 is 12.1 Å². The number of nitrogens with zero attached hydrogens (tertiary/aromatic N) is 1. The van der Waals surface area contributed by atoms with Gasteiger partial charge in [-0.25, -0.2) is 4.79 Å². The molecule has 1 aliphatic rings. The third-order valence-electron chi connectivity index (χ3n) is 6.96. The molecule has 1 atom stereocenters. The molecule has 0 saturated heterocycles. The summed E-state index contributed by atoms with van der Waals surface area (Å²) in [5, 5.41) is 5.71. The molecule has 9 nitrogen and oxygen atoms in total. The van der Waals surface area contributed by atoms with Gasteiger partial charge in [-0.1, -0.05) is 50.2 Å². The van der Waals surface area contributed by atoms with Crippen molar-refractivity contribution in [2.45, 2.75) is 52.3 Å². The van der Waals surface area contributed by atoms with Gasteiger partial charge in [-0.15, -0.1) is 0 Å². The Bertz CT molecular complexity index is 1210. The maximum Gasteiger partial charge on any atom is 0.491 e. The van der Waals surface area contributed by atoms with Crippen LogP contribution in [0.3, 0.4) is 0 Å². The predicted molar refractivity (Wildman–Crippen MR) is 150 cm³/mol. The van der Waals surface area contributed by atoms with Crippen LogP contribution in [0.25, 0.3) is 0 Å². The third-order valence-corrected chi connectivity index (χ3v) is 6.96. The summed E-state index contributed by atoms with van der Waals surface area (Å²) < 4.78 is 53.7. The summed E-state index contributed by atoms with van der Waals surface area (Å²) >= 11 is 0. The maximum atomic E-state index is 13.0. The van der Waals surface area contributed by atoms with E-state index in [1.165, 1.54) is 17.7 Å². The highest BCUT2D eigenvalue weighted by atomic mass is 19.4. The first-order valence-corrected chi connectivity index (χ1v) is 14.0. The molecule has 42 heavy (non-hydrogen) atoms.